The summed E-state index contributed by atoms with van der Waals surface area (Å²) in [5.74, 6) is -1.94. The summed E-state index contributed by atoms with van der Waals surface area (Å²) in [7, 11) is 1.09. The first-order valence-corrected chi connectivity index (χ1v) is 6.38. The van der Waals surface area contributed by atoms with Gasteiger partial charge in [-0.25, -0.2) is 9.18 Å². The summed E-state index contributed by atoms with van der Waals surface area (Å²) in [5.41, 5.74) is -0.844. The average Bonchev–Trinajstić information content (AvgIpc) is 2.46. The SMILES string of the molecule is CCC(CCO)Nc1cc(C(=O)OC)c(F)cc1[N+](=O)[O-]. The molecule has 0 heterocycles. The van der Waals surface area contributed by atoms with Crippen molar-refractivity contribution in [3.05, 3.63) is 33.6 Å². The van der Waals surface area contributed by atoms with Crippen LogP contribution in [0.3, 0.4) is 0 Å². The highest BCUT2D eigenvalue weighted by molar-refractivity contribution is 5.92. The summed E-state index contributed by atoms with van der Waals surface area (Å²) in [6.45, 7) is 1.74. The lowest BCUT2D eigenvalue weighted by atomic mass is 10.1. The van der Waals surface area contributed by atoms with E-state index in [9.17, 15) is 19.3 Å². The third-order valence-corrected chi connectivity index (χ3v) is 3.02. The van der Waals surface area contributed by atoms with Crippen molar-refractivity contribution in [2.45, 2.75) is 25.8 Å². The summed E-state index contributed by atoms with van der Waals surface area (Å²) in [6.07, 6.45) is 0.973. The van der Waals surface area contributed by atoms with Gasteiger partial charge in [0.2, 0.25) is 0 Å². The van der Waals surface area contributed by atoms with Crippen LogP contribution in [-0.4, -0.2) is 35.8 Å². The lowest BCUT2D eigenvalue weighted by Crippen LogP contribution is -2.21. The highest BCUT2D eigenvalue weighted by atomic mass is 19.1. The zero-order valence-corrected chi connectivity index (χ0v) is 11.8. The summed E-state index contributed by atoms with van der Waals surface area (Å²) in [6, 6.07) is 1.50. The smallest absolute Gasteiger partial charge is 0.340 e. The topological polar surface area (TPSA) is 102 Å². The fourth-order valence-electron chi connectivity index (χ4n) is 1.85. The molecule has 1 aromatic carbocycles. The van der Waals surface area contributed by atoms with Crippen LogP contribution in [-0.2, 0) is 4.74 Å². The van der Waals surface area contributed by atoms with Crippen molar-refractivity contribution in [3.8, 4) is 0 Å². The number of anilines is 1. The molecule has 0 aromatic heterocycles. The Morgan fingerprint density at radius 2 is 2.24 bits per heavy atom. The number of carbonyl (C=O) groups excluding carboxylic acids is 1. The number of nitro benzene ring substituents is 1. The van der Waals surface area contributed by atoms with Gasteiger partial charge in [0, 0.05) is 12.6 Å². The number of methoxy groups -OCH3 is 1. The molecule has 0 bridgehead atoms. The van der Waals surface area contributed by atoms with E-state index in [1.807, 2.05) is 6.92 Å². The highest BCUT2D eigenvalue weighted by Gasteiger charge is 2.23. The molecule has 0 saturated carbocycles. The maximum Gasteiger partial charge on any atom is 0.340 e. The molecule has 1 unspecified atom stereocenters. The van der Waals surface area contributed by atoms with E-state index < -0.39 is 22.4 Å². The minimum Gasteiger partial charge on any atom is -0.465 e. The Morgan fingerprint density at radius 1 is 1.57 bits per heavy atom. The number of halogens is 1. The van der Waals surface area contributed by atoms with Gasteiger partial charge >= 0.3 is 5.97 Å². The fourth-order valence-corrected chi connectivity index (χ4v) is 1.85. The standard InChI is InChI=1S/C13H17FN2O5/c1-3-8(4-5-17)15-11-6-9(13(18)21-2)10(14)7-12(11)16(19)20/h6-8,15,17H,3-5H2,1-2H3. The molecule has 116 valence electrons. The Balaban J connectivity index is 3.25. The van der Waals surface area contributed by atoms with Crippen LogP contribution in [0, 0.1) is 15.9 Å². The van der Waals surface area contributed by atoms with Gasteiger partial charge in [-0.05, 0) is 18.9 Å². The minimum absolute atomic E-state index is 0.0158. The maximum absolute atomic E-state index is 13.7. The molecule has 0 amide bonds. The Labute approximate surface area is 120 Å². The van der Waals surface area contributed by atoms with E-state index in [0.29, 0.717) is 18.9 Å². The molecular weight excluding hydrogens is 283 g/mol. The Kier molecular flexibility index (Phi) is 6.04. The van der Waals surface area contributed by atoms with Crippen LogP contribution in [0.5, 0.6) is 0 Å². The Hall–Kier alpha value is -2.22. The third-order valence-electron chi connectivity index (χ3n) is 3.02. The van der Waals surface area contributed by atoms with E-state index in [4.69, 9.17) is 5.11 Å². The van der Waals surface area contributed by atoms with Gasteiger partial charge in [-0.15, -0.1) is 0 Å². The van der Waals surface area contributed by atoms with E-state index >= 15 is 0 Å². The predicted octanol–water partition coefficient (Wildman–Crippen LogP) is 2.09. The van der Waals surface area contributed by atoms with Crippen molar-refractivity contribution in [2.75, 3.05) is 19.0 Å². The van der Waals surface area contributed by atoms with Gasteiger partial charge in [-0.3, -0.25) is 10.1 Å². The largest absolute Gasteiger partial charge is 0.465 e. The van der Waals surface area contributed by atoms with Crippen molar-refractivity contribution in [2.24, 2.45) is 0 Å². The second kappa shape index (κ2) is 7.53. The highest BCUT2D eigenvalue weighted by Crippen LogP contribution is 2.29. The van der Waals surface area contributed by atoms with Gasteiger partial charge in [-0.1, -0.05) is 6.92 Å². The molecule has 0 radical (unpaired) electrons. The maximum atomic E-state index is 13.7. The number of nitrogens with zero attached hydrogens (tertiary/aromatic N) is 1. The predicted molar refractivity (Wildman–Crippen MR) is 73.8 cm³/mol. The molecule has 1 aromatic rings. The first-order valence-electron chi connectivity index (χ1n) is 6.38. The number of ether oxygens (including phenoxy) is 1. The normalized spacial score (nSPS) is 11.8. The van der Waals surface area contributed by atoms with E-state index in [0.717, 1.165) is 13.2 Å². The van der Waals surface area contributed by atoms with Gasteiger partial charge in [0.25, 0.3) is 5.69 Å². The van der Waals surface area contributed by atoms with Crippen LogP contribution in [0.1, 0.15) is 30.1 Å². The minimum atomic E-state index is -1.02. The monoisotopic (exact) mass is 300 g/mol. The van der Waals surface area contributed by atoms with Crippen LogP contribution in [0.15, 0.2) is 12.1 Å². The third kappa shape index (κ3) is 4.12. The summed E-state index contributed by atoms with van der Waals surface area (Å²) >= 11 is 0. The molecule has 0 aliphatic rings. The van der Waals surface area contributed by atoms with Gasteiger partial charge in [0.15, 0.2) is 0 Å². The lowest BCUT2D eigenvalue weighted by molar-refractivity contribution is -0.384. The Bertz CT molecular complexity index is 536. The molecule has 7 nitrogen and oxygen atoms in total. The van der Waals surface area contributed by atoms with Gasteiger partial charge < -0.3 is 15.2 Å². The van der Waals surface area contributed by atoms with Crippen LogP contribution in [0.25, 0.3) is 0 Å². The number of hydrogen-bond acceptors (Lipinski definition) is 6. The molecule has 0 aliphatic carbocycles. The second-order valence-corrected chi connectivity index (χ2v) is 4.36. The fraction of sp³-hybridized carbons (Fsp3) is 0.462. The number of aliphatic hydroxyl groups excluding tert-OH is 1. The van der Waals surface area contributed by atoms with Crippen molar-refractivity contribution < 1.29 is 24.0 Å². The summed E-state index contributed by atoms with van der Waals surface area (Å²) < 4.78 is 18.2. The molecule has 0 saturated heterocycles. The molecule has 1 rings (SSSR count). The molecule has 2 N–H and O–H groups in total. The van der Waals surface area contributed by atoms with Crippen molar-refractivity contribution in [3.63, 3.8) is 0 Å². The average molecular weight is 300 g/mol. The zero-order valence-electron chi connectivity index (χ0n) is 11.8. The van der Waals surface area contributed by atoms with Crippen LogP contribution in [0.2, 0.25) is 0 Å². The quantitative estimate of drug-likeness (QED) is 0.454. The van der Waals surface area contributed by atoms with Crippen LogP contribution >= 0.6 is 0 Å². The van der Waals surface area contributed by atoms with Crippen LogP contribution < -0.4 is 5.32 Å². The number of benzene rings is 1. The van der Waals surface area contributed by atoms with Crippen molar-refractivity contribution in [1.82, 2.24) is 0 Å². The summed E-state index contributed by atoms with van der Waals surface area (Å²) in [5, 5.41) is 22.8. The molecule has 1 atom stereocenters. The Morgan fingerprint density at radius 3 is 2.71 bits per heavy atom. The number of rotatable bonds is 7. The number of esters is 1. The van der Waals surface area contributed by atoms with E-state index in [1.54, 1.807) is 0 Å². The van der Waals surface area contributed by atoms with Crippen molar-refractivity contribution in [1.29, 1.82) is 0 Å². The first-order chi connectivity index (χ1) is 9.94. The zero-order chi connectivity index (χ0) is 16.0. The van der Waals surface area contributed by atoms with E-state index in [1.165, 1.54) is 0 Å². The lowest BCUT2D eigenvalue weighted by Gasteiger charge is -2.17. The first kappa shape index (κ1) is 16.8. The molecule has 0 fully saturated rings. The number of nitro groups is 1. The van der Waals surface area contributed by atoms with Gasteiger partial charge in [0.1, 0.15) is 11.5 Å². The number of carbonyl (C=O) groups is 1. The second-order valence-electron chi connectivity index (χ2n) is 4.36. The van der Waals surface area contributed by atoms with Gasteiger partial charge in [0.05, 0.1) is 23.7 Å². The molecule has 8 heteroatoms. The molecular formula is C13H17FN2O5. The number of hydrogen-bond donors (Lipinski definition) is 2. The molecule has 0 aliphatic heterocycles. The number of aliphatic hydroxyl groups is 1. The summed E-state index contributed by atoms with van der Waals surface area (Å²) in [4.78, 5) is 21.7. The van der Waals surface area contributed by atoms with Crippen LogP contribution in [0.4, 0.5) is 15.8 Å². The van der Waals surface area contributed by atoms with E-state index in [-0.39, 0.29) is 23.9 Å². The van der Waals surface area contributed by atoms with E-state index in [2.05, 4.69) is 10.1 Å². The molecule has 21 heavy (non-hydrogen) atoms. The molecule has 0 spiro atoms. The number of nitrogens with one attached hydrogen (secondary N) is 1. The van der Waals surface area contributed by atoms with Gasteiger partial charge in [-0.2, -0.15) is 0 Å². The van der Waals surface area contributed by atoms with Crippen molar-refractivity contribution >= 4 is 17.3 Å².